The van der Waals surface area contributed by atoms with Crippen LogP contribution in [0, 0.1) is 11.8 Å². The standard InChI is InChI=1S/C19H21N/c1-2-10-19(18-14-7-4-8-15-18)20-16-9-13-17-11-5-3-6-12-17/h3-8,11-12,14-15,19-20H,2,10,16H2,1H3. The van der Waals surface area contributed by atoms with Gasteiger partial charge in [0.05, 0.1) is 6.54 Å². The monoisotopic (exact) mass is 263 g/mol. The highest BCUT2D eigenvalue weighted by Gasteiger charge is 2.07. The van der Waals surface area contributed by atoms with E-state index in [1.54, 1.807) is 0 Å². The summed E-state index contributed by atoms with van der Waals surface area (Å²) in [6.07, 6.45) is 2.30. The summed E-state index contributed by atoms with van der Waals surface area (Å²) in [6.45, 7) is 2.93. The van der Waals surface area contributed by atoms with E-state index in [-0.39, 0.29) is 0 Å². The second-order valence-corrected chi connectivity index (χ2v) is 4.80. The van der Waals surface area contributed by atoms with Crippen LogP contribution in [-0.4, -0.2) is 6.54 Å². The van der Waals surface area contributed by atoms with E-state index in [0.717, 1.165) is 12.0 Å². The van der Waals surface area contributed by atoms with Gasteiger partial charge in [-0.25, -0.2) is 0 Å². The molecule has 0 aliphatic carbocycles. The van der Waals surface area contributed by atoms with Crippen LogP contribution in [0.25, 0.3) is 0 Å². The SMILES string of the molecule is CCCC(NCC#Cc1ccccc1)c1ccccc1. The molecule has 0 aliphatic rings. The summed E-state index contributed by atoms with van der Waals surface area (Å²) < 4.78 is 0. The highest BCUT2D eigenvalue weighted by Crippen LogP contribution is 2.17. The predicted octanol–water partition coefficient (Wildman–Crippen LogP) is 4.17. The Morgan fingerprint density at radius 3 is 2.25 bits per heavy atom. The highest BCUT2D eigenvalue weighted by molar-refractivity contribution is 5.33. The van der Waals surface area contributed by atoms with Gasteiger partial charge < -0.3 is 0 Å². The molecule has 1 heteroatoms. The summed E-state index contributed by atoms with van der Waals surface area (Å²) in [4.78, 5) is 0. The molecule has 0 saturated carbocycles. The molecule has 20 heavy (non-hydrogen) atoms. The van der Waals surface area contributed by atoms with E-state index in [0.29, 0.717) is 12.6 Å². The molecule has 0 bridgehead atoms. The first-order chi connectivity index (χ1) is 9.90. The molecular formula is C19H21N. The number of rotatable bonds is 5. The molecule has 2 aromatic carbocycles. The molecule has 2 aromatic rings. The average molecular weight is 263 g/mol. The smallest absolute Gasteiger partial charge is 0.0585 e. The molecule has 0 aliphatic heterocycles. The summed E-state index contributed by atoms with van der Waals surface area (Å²) in [7, 11) is 0. The third kappa shape index (κ3) is 4.57. The van der Waals surface area contributed by atoms with Gasteiger partial charge in [-0.1, -0.05) is 73.7 Å². The van der Waals surface area contributed by atoms with Crippen molar-refractivity contribution in [2.45, 2.75) is 25.8 Å². The van der Waals surface area contributed by atoms with Crippen molar-refractivity contribution in [1.29, 1.82) is 0 Å². The molecule has 0 radical (unpaired) electrons. The Bertz CT molecular complexity index is 549. The molecule has 0 fully saturated rings. The molecule has 1 nitrogen and oxygen atoms in total. The quantitative estimate of drug-likeness (QED) is 0.798. The van der Waals surface area contributed by atoms with Crippen LogP contribution < -0.4 is 5.32 Å². The maximum atomic E-state index is 3.53. The summed E-state index contributed by atoms with van der Waals surface area (Å²) >= 11 is 0. The molecule has 0 amide bonds. The maximum Gasteiger partial charge on any atom is 0.0585 e. The number of hydrogen-bond acceptors (Lipinski definition) is 1. The van der Waals surface area contributed by atoms with Gasteiger partial charge in [0.15, 0.2) is 0 Å². The van der Waals surface area contributed by atoms with Gasteiger partial charge >= 0.3 is 0 Å². The van der Waals surface area contributed by atoms with Crippen LogP contribution in [0.1, 0.15) is 36.9 Å². The zero-order valence-corrected chi connectivity index (χ0v) is 12.0. The normalized spacial score (nSPS) is 11.4. The number of benzene rings is 2. The van der Waals surface area contributed by atoms with Crippen LogP contribution in [0.15, 0.2) is 60.7 Å². The van der Waals surface area contributed by atoms with Crippen molar-refractivity contribution in [2.75, 3.05) is 6.54 Å². The Morgan fingerprint density at radius 1 is 0.950 bits per heavy atom. The van der Waals surface area contributed by atoms with Crippen molar-refractivity contribution in [2.24, 2.45) is 0 Å². The molecule has 0 heterocycles. The molecule has 2 rings (SSSR count). The van der Waals surface area contributed by atoms with Crippen molar-refractivity contribution in [3.63, 3.8) is 0 Å². The van der Waals surface area contributed by atoms with E-state index in [2.05, 4.69) is 54.4 Å². The molecule has 1 atom stereocenters. The largest absolute Gasteiger partial charge is 0.299 e. The van der Waals surface area contributed by atoms with Gasteiger partial charge in [-0.05, 0) is 24.1 Å². The molecular weight excluding hydrogens is 242 g/mol. The predicted molar refractivity (Wildman–Crippen MR) is 85.4 cm³/mol. The molecule has 0 spiro atoms. The zero-order chi connectivity index (χ0) is 14.0. The van der Waals surface area contributed by atoms with Gasteiger partial charge in [0.25, 0.3) is 0 Å². The second kappa shape index (κ2) is 8.19. The highest BCUT2D eigenvalue weighted by atomic mass is 14.9. The lowest BCUT2D eigenvalue weighted by Gasteiger charge is -2.16. The molecule has 0 aromatic heterocycles. The van der Waals surface area contributed by atoms with E-state index < -0.39 is 0 Å². The Balaban J connectivity index is 1.92. The van der Waals surface area contributed by atoms with Gasteiger partial charge in [0, 0.05) is 11.6 Å². The van der Waals surface area contributed by atoms with Gasteiger partial charge in [-0.3, -0.25) is 5.32 Å². The van der Waals surface area contributed by atoms with E-state index >= 15 is 0 Å². The topological polar surface area (TPSA) is 12.0 Å². The van der Waals surface area contributed by atoms with Crippen LogP contribution >= 0.6 is 0 Å². The van der Waals surface area contributed by atoms with Crippen LogP contribution in [-0.2, 0) is 0 Å². The van der Waals surface area contributed by atoms with Gasteiger partial charge in [0.1, 0.15) is 0 Å². The van der Waals surface area contributed by atoms with Gasteiger partial charge in [0.2, 0.25) is 0 Å². The van der Waals surface area contributed by atoms with E-state index in [4.69, 9.17) is 0 Å². The van der Waals surface area contributed by atoms with Crippen molar-refractivity contribution in [3.05, 3.63) is 71.8 Å². The summed E-state index contributed by atoms with van der Waals surface area (Å²) in [6, 6.07) is 21.1. The van der Waals surface area contributed by atoms with Crippen molar-refractivity contribution >= 4 is 0 Å². The van der Waals surface area contributed by atoms with E-state index in [9.17, 15) is 0 Å². The molecule has 0 saturated heterocycles. The fraction of sp³-hybridized carbons (Fsp3) is 0.263. The number of nitrogens with one attached hydrogen (secondary N) is 1. The Morgan fingerprint density at radius 2 is 1.60 bits per heavy atom. The molecule has 1 N–H and O–H groups in total. The minimum atomic E-state index is 0.395. The van der Waals surface area contributed by atoms with E-state index in [1.165, 1.54) is 12.0 Å². The lowest BCUT2D eigenvalue weighted by molar-refractivity contribution is 0.524. The summed E-state index contributed by atoms with van der Waals surface area (Å²) in [5.41, 5.74) is 2.41. The summed E-state index contributed by atoms with van der Waals surface area (Å²) in [5.74, 6) is 6.38. The minimum absolute atomic E-state index is 0.395. The average Bonchev–Trinajstić information content (AvgIpc) is 2.52. The maximum absolute atomic E-state index is 3.53. The Kier molecular flexibility index (Phi) is 5.89. The first-order valence-corrected chi connectivity index (χ1v) is 7.22. The van der Waals surface area contributed by atoms with Gasteiger partial charge in [-0.15, -0.1) is 0 Å². The van der Waals surface area contributed by atoms with Crippen LogP contribution in [0.3, 0.4) is 0 Å². The lowest BCUT2D eigenvalue weighted by atomic mass is 10.0. The fourth-order valence-electron chi connectivity index (χ4n) is 2.20. The third-order valence-electron chi connectivity index (χ3n) is 3.22. The van der Waals surface area contributed by atoms with Crippen LogP contribution in [0.5, 0.6) is 0 Å². The lowest BCUT2D eigenvalue weighted by Crippen LogP contribution is -2.21. The van der Waals surface area contributed by atoms with Crippen molar-refractivity contribution < 1.29 is 0 Å². The Hall–Kier alpha value is -2.04. The second-order valence-electron chi connectivity index (χ2n) is 4.80. The Labute approximate surface area is 122 Å². The minimum Gasteiger partial charge on any atom is -0.299 e. The zero-order valence-electron chi connectivity index (χ0n) is 12.0. The van der Waals surface area contributed by atoms with Crippen molar-refractivity contribution in [3.8, 4) is 11.8 Å². The van der Waals surface area contributed by atoms with Crippen molar-refractivity contribution in [1.82, 2.24) is 5.32 Å². The first kappa shape index (κ1) is 14.4. The van der Waals surface area contributed by atoms with Crippen LogP contribution in [0.2, 0.25) is 0 Å². The molecule has 1 unspecified atom stereocenters. The number of hydrogen-bond donors (Lipinski definition) is 1. The van der Waals surface area contributed by atoms with Gasteiger partial charge in [-0.2, -0.15) is 0 Å². The van der Waals surface area contributed by atoms with E-state index in [1.807, 2.05) is 30.3 Å². The molecule has 102 valence electrons. The third-order valence-corrected chi connectivity index (χ3v) is 3.22. The summed E-state index contributed by atoms with van der Waals surface area (Å²) in [5, 5.41) is 3.53. The van der Waals surface area contributed by atoms with Crippen LogP contribution in [0.4, 0.5) is 0 Å². The first-order valence-electron chi connectivity index (χ1n) is 7.22. The fourth-order valence-corrected chi connectivity index (χ4v) is 2.20.